The molecule has 3 aromatic rings. The molecule has 0 aliphatic heterocycles. The summed E-state index contributed by atoms with van der Waals surface area (Å²) in [5, 5.41) is 18.2. The first kappa shape index (κ1) is 14.3. The molecule has 0 saturated heterocycles. The predicted molar refractivity (Wildman–Crippen MR) is 77.1 cm³/mol. The quantitative estimate of drug-likeness (QED) is 0.711. The number of hydrogen-bond donors (Lipinski definition) is 2. The lowest BCUT2D eigenvalue weighted by Crippen LogP contribution is -1.99. The molecule has 2 N–H and O–H groups in total. The van der Waals surface area contributed by atoms with Crippen molar-refractivity contribution < 1.29 is 19.1 Å². The van der Waals surface area contributed by atoms with Crippen LogP contribution in [0.25, 0.3) is 0 Å². The highest BCUT2D eigenvalue weighted by atomic mass is 16.5. The van der Waals surface area contributed by atoms with E-state index >= 15 is 0 Å². The fourth-order valence-corrected chi connectivity index (χ4v) is 1.68. The number of H-pyrrole nitrogens is 1. The summed E-state index contributed by atoms with van der Waals surface area (Å²) < 4.78 is 10.5. The lowest BCUT2D eigenvalue weighted by molar-refractivity contribution is 0.0687. The Hall–Kier alpha value is -3.60. The number of hydrogen-bond acceptors (Lipinski definition) is 6. The Morgan fingerprint density at radius 3 is 2.74 bits per heavy atom. The molecule has 2 heterocycles. The Kier molecular flexibility index (Phi) is 3.76. The molecule has 0 amide bonds. The number of nitrogens with one attached hydrogen (secondary N) is 1. The minimum atomic E-state index is -1.20. The van der Waals surface area contributed by atoms with E-state index in [1.54, 1.807) is 24.3 Å². The molecule has 0 aliphatic rings. The van der Waals surface area contributed by atoms with Gasteiger partial charge in [0.2, 0.25) is 5.69 Å². The summed E-state index contributed by atoms with van der Waals surface area (Å²) in [7, 11) is 0. The molecule has 0 unspecified atom stereocenters. The second-order valence-corrected chi connectivity index (χ2v) is 4.47. The first-order chi connectivity index (χ1) is 11.1. The number of aromatic amines is 1. The van der Waals surface area contributed by atoms with Gasteiger partial charge in [-0.1, -0.05) is 16.2 Å². The average Bonchev–Trinajstić information content (AvgIpc) is 3.15. The third-order valence-corrected chi connectivity index (χ3v) is 2.73. The van der Waals surface area contributed by atoms with E-state index < -0.39 is 5.97 Å². The van der Waals surface area contributed by atoms with Gasteiger partial charge in [-0.3, -0.25) is 0 Å². The SMILES string of the molecule is Cc1coc(C#Cc2ccc(Oc3nn[nH]c3C(=O)O)cc2)n1. The molecule has 0 saturated carbocycles. The number of aryl methyl sites for hydroxylation is 1. The molecule has 8 heteroatoms. The van der Waals surface area contributed by atoms with Crippen molar-refractivity contribution in [3.63, 3.8) is 0 Å². The number of oxazole rings is 1. The summed E-state index contributed by atoms with van der Waals surface area (Å²) in [5.74, 6) is 5.15. The van der Waals surface area contributed by atoms with Gasteiger partial charge in [-0.25, -0.2) is 14.9 Å². The maximum Gasteiger partial charge on any atom is 0.359 e. The summed E-state index contributed by atoms with van der Waals surface area (Å²) in [4.78, 5) is 15.0. The van der Waals surface area contributed by atoms with Crippen LogP contribution in [0.4, 0.5) is 0 Å². The number of carboxylic acid groups (broad SMARTS) is 1. The van der Waals surface area contributed by atoms with Gasteiger partial charge in [-0.05, 0) is 37.1 Å². The van der Waals surface area contributed by atoms with E-state index in [-0.39, 0.29) is 11.6 Å². The zero-order valence-corrected chi connectivity index (χ0v) is 11.9. The maximum absolute atomic E-state index is 10.9. The van der Waals surface area contributed by atoms with Gasteiger partial charge in [0, 0.05) is 5.56 Å². The van der Waals surface area contributed by atoms with Crippen molar-refractivity contribution in [2.45, 2.75) is 6.92 Å². The van der Waals surface area contributed by atoms with E-state index in [2.05, 4.69) is 32.2 Å². The third-order valence-electron chi connectivity index (χ3n) is 2.73. The van der Waals surface area contributed by atoms with Crippen LogP contribution in [0, 0.1) is 18.8 Å². The van der Waals surface area contributed by atoms with Gasteiger partial charge < -0.3 is 14.3 Å². The fraction of sp³-hybridized carbons (Fsp3) is 0.0667. The highest BCUT2D eigenvalue weighted by molar-refractivity contribution is 5.87. The Labute approximate surface area is 130 Å². The van der Waals surface area contributed by atoms with E-state index in [4.69, 9.17) is 14.3 Å². The highest BCUT2D eigenvalue weighted by Crippen LogP contribution is 2.21. The molecule has 23 heavy (non-hydrogen) atoms. The van der Waals surface area contributed by atoms with Crippen molar-refractivity contribution >= 4 is 5.97 Å². The van der Waals surface area contributed by atoms with Crippen LogP contribution >= 0.6 is 0 Å². The molecule has 0 spiro atoms. The fourth-order valence-electron chi connectivity index (χ4n) is 1.68. The lowest BCUT2D eigenvalue weighted by atomic mass is 10.2. The number of benzene rings is 1. The van der Waals surface area contributed by atoms with Gasteiger partial charge >= 0.3 is 5.97 Å². The number of aromatic nitrogens is 4. The van der Waals surface area contributed by atoms with E-state index in [0.29, 0.717) is 11.6 Å². The molecule has 3 rings (SSSR count). The summed E-state index contributed by atoms with van der Waals surface area (Å²) in [6.45, 7) is 1.82. The van der Waals surface area contributed by atoms with Crippen LogP contribution in [0.2, 0.25) is 0 Å². The maximum atomic E-state index is 10.9. The number of aromatic carboxylic acids is 1. The smallest absolute Gasteiger partial charge is 0.359 e. The Balaban J connectivity index is 1.73. The van der Waals surface area contributed by atoms with Crippen LogP contribution in [-0.2, 0) is 0 Å². The van der Waals surface area contributed by atoms with Crippen molar-refractivity contribution in [1.29, 1.82) is 0 Å². The molecule has 0 fully saturated rings. The van der Waals surface area contributed by atoms with Crippen molar-refractivity contribution in [1.82, 2.24) is 20.4 Å². The minimum Gasteiger partial charge on any atom is -0.476 e. The minimum absolute atomic E-state index is 0.105. The Bertz CT molecular complexity index is 899. The van der Waals surface area contributed by atoms with Crippen LogP contribution in [0.3, 0.4) is 0 Å². The van der Waals surface area contributed by atoms with Crippen LogP contribution in [0.1, 0.15) is 27.6 Å². The molecule has 2 aromatic heterocycles. The van der Waals surface area contributed by atoms with Gasteiger partial charge in [0.25, 0.3) is 11.8 Å². The summed E-state index contributed by atoms with van der Waals surface area (Å²) in [6.07, 6.45) is 1.53. The van der Waals surface area contributed by atoms with Gasteiger partial charge in [-0.15, -0.1) is 0 Å². The number of nitrogens with zero attached hydrogens (tertiary/aromatic N) is 3. The van der Waals surface area contributed by atoms with Crippen LogP contribution in [-0.4, -0.2) is 31.5 Å². The van der Waals surface area contributed by atoms with E-state index in [1.165, 1.54) is 6.26 Å². The summed E-state index contributed by atoms with van der Waals surface area (Å²) in [5.41, 5.74) is 1.28. The van der Waals surface area contributed by atoms with Gasteiger partial charge in [-0.2, -0.15) is 0 Å². The molecule has 0 aliphatic carbocycles. The van der Waals surface area contributed by atoms with Crippen molar-refractivity contribution in [3.8, 4) is 23.5 Å². The number of ether oxygens (including phenoxy) is 1. The lowest BCUT2D eigenvalue weighted by Gasteiger charge is -2.02. The molecule has 0 radical (unpaired) electrons. The zero-order chi connectivity index (χ0) is 16.2. The number of rotatable bonds is 3. The largest absolute Gasteiger partial charge is 0.476 e. The number of carbonyl (C=O) groups is 1. The van der Waals surface area contributed by atoms with Gasteiger partial charge in [0.15, 0.2) is 0 Å². The van der Waals surface area contributed by atoms with Gasteiger partial charge in [0.05, 0.1) is 5.69 Å². The molecule has 1 aromatic carbocycles. The molecule has 114 valence electrons. The average molecular weight is 310 g/mol. The second-order valence-electron chi connectivity index (χ2n) is 4.47. The van der Waals surface area contributed by atoms with E-state index in [1.807, 2.05) is 6.92 Å². The summed E-state index contributed by atoms with van der Waals surface area (Å²) >= 11 is 0. The standard InChI is InChI=1S/C15H10N4O4/c1-9-8-22-12(16-9)7-4-10-2-5-11(6-3-10)23-14-13(15(20)21)17-19-18-14/h2-3,5-6,8H,1H3,(H,20,21)(H,17,18,19). The van der Waals surface area contributed by atoms with E-state index in [0.717, 1.165) is 11.3 Å². The number of carboxylic acids is 1. The second kappa shape index (κ2) is 6.03. The van der Waals surface area contributed by atoms with Crippen LogP contribution < -0.4 is 4.74 Å². The molecule has 8 nitrogen and oxygen atoms in total. The zero-order valence-electron chi connectivity index (χ0n) is 11.9. The van der Waals surface area contributed by atoms with Crippen LogP contribution in [0.15, 0.2) is 34.9 Å². The van der Waals surface area contributed by atoms with Gasteiger partial charge in [0.1, 0.15) is 12.0 Å². The van der Waals surface area contributed by atoms with Crippen molar-refractivity contribution in [2.75, 3.05) is 0 Å². The Morgan fingerprint density at radius 1 is 1.30 bits per heavy atom. The topological polar surface area (TPSA) is 114 Å². The molecular formula is C15H10N4O4. The van der Waals surface area contributed by atoms with Crippen molar-refractivity contribution in [2.24, 2.45) is 0 Å². The van der Waals surface area contributed by atoms with E-state index in [9.17, 15) is 4.79 Å². The summed E-state index contributed by atoms with van der Waals surface area (Å²) in [6, 6.07) is 6.73. The predicted octanol–water partition coefficient (Wildman–Crippen LogP) is 1.99. The third kappa shape index (κ3) is 3.36. The first-order valence-electron chi connectivity index (χ1n) is 6.48. The normalized spacial score (nSPS) is 9.96. The van der Waals surface area contributed by atoms with Crippen molar-refractivity contribution in [3.05, 3.63) is 53.4 Å². The monoisotopic (exact) mass is 310 g/mol. The first-order valence-corrected chi connectivity index (χ1v) is 6.48. The highest BCUT2D eigenvalue weighted by Gasteiger charge is 2.16. The van der Waals surface area contributed by atoms with Crippen LogP contribution in [0.5, 0.6) is 11.6 Å². The molecule has 0 bridgehead atoms. The molecule has 0 atom stereocenters. The Morgan fingerprint density at radius 2 is 2.09 bits per heavy atom. The molecular weight excluding hydrogens is 300 g/mol.